The van der Waals surface area contributed by atoms with E-state index in [1.807, 2.05) is 0 Å². The number of halogens is 3. The molecule has 2 aromatic rings. The Morgan fingerprint density at radius 1 is 1.26 bits per heavy atom. The Labute approximate surface area is 160 Å². The standard InChI is InChI=1S/C14H15F3N6O2S2/c1-2-5-26-13-22-21-12(27-13)20-11(25)4-3-10(24)19-9-6-18-23(7-9)8-14(15,16)17/h2,6-7H,1,3-5,8H2,(H,19,24)(H,20,21,25). The molecule has 0 aromatic carbocycles. The van der Waals surface area contributed by atoms with Gasteiger partial charge in [-0.2, -0.15) is 18.3 Å². The maximum absolute atomic E-state index is 12.3. The van der Waals surface area contributed by atoms with Crippen molar-refractivity contribution in [3.63, 3.8) is 0 Å². The Morgan fingerprint density at radius 3 is 2.63 bits per heavy atom. The van der Waals surface area contributed by atoms with Crippen molar-refractivity contribution < 1.29 is 22.8 Å². The van der Waals surface area contributed by atoms with E-state index in [2.05, 4.69) is 32.5 Å². The molecule has 0 aliphatic carbocycles. The number of thioether (sulfide) groups is 1. The van der Waals surface area contributed by atoms with Crippen LogP contribution in [0.15, 0.2) is 29.4 Å². The molecule has 0 unspecified atom stereocenters. The Balaban J connectivity index is 1.74. The SMILES string of the molecule is C=CCSc1nnc(NC(=O)CCC(=O)Nc2cnn(CC(F)(F)F)c2)s1. The van der Waals surface area contributed by atoms with Crippen LogP contribution >= 0.6 is 23.1 Å². The number of rotatable bonds is 9. The summed E-state index contributed by atoms with van der Waals surface area (Å²) in [6.45, 7) is 2.34. The molecule has 0 saturated carbocycles. The van der Waals surface area contributed by atoms with Gasteiger partial charge in [0.15, 0.2) is 4.34 Å². The molecule has 8 nitrogen and oxygen atoms in total. The Bertz CT molecular complexity index is 805. The highest BCUT2D eigenvalue weighted by Crippen LogP contribution is 2.25. The van der Waals surface area contributed by atoms with Gasteiger partial charge in [0.2, 0.25) is 16.9 Å². The van der Waals surface area contributed by atoms with Crippen LogP contribution < -0.4 is 10.6 Å². The number of nitrogens with zero attached hydrogens (tertiary/aromatic N) is 4. The summed E-state index contributed by atoms with van der Waals surface area (Å²) in [6.07, 6.45) is -0.775. The Kier molecular flexibility index (Phi) is 7.36. The second-order valence-corrected chi connectivity index (χ2v) is 7.36. The fourth-order valence-corrected chi connectivity index (χ4v) is 3.31. The maximum Gasteiger partial charge on any atom is 0.408 e. The number of anilines is 2. The molecule has 0 saturated heterocycles. The van der Waals surface area contributed by atoms with Gasteiger partial charge in [0.25, 0.3) is 0 Å². The molecule has 0 radical (unpaired) electrons. The molecule has 146 valence electrons. The van der Waals surface area contributed by atoms with E-state index in [4.69, 9.17) is 0 Å². The van der Waals surface area contributed by atoms with Crippen LogP contribution in [0.25, 0.3) is 0 Å². The van der Waals surface area contributed by atoms with E-state index >= 15 is 0 Å². The molecule has 0 fully saturated rings. The zero-order valence-corrected chi connectivity index (χ0v) is 15.5. The zero-order chi connectivity index (χ0) is 19.9. The summed E-state index contributed by atoms with van der Waals surface area (Å²) < 4.78 is 38.1. The van der Waals surface area contributed by atoms with Crippen molar-refractivity contribution >= 4 is 45.7 Å². The van der Waals surface area contributed by atoms with Crippen LogP contribution in [-0.4, -0.2) is 43.7 Å². The van der Waals surface area contributed by atoms with Gasteiger partial charge < -0.3 is 10.6 Å². The van der Waals surface area contributed by atoms with Crippen LogP contribution in [0.2, 0.25) is 0 Å². The normalized spacial score (nSPS) is 11.2. The van der Waals surface area contributed by atoms with Gasteiger partial charge in [0.1, 0.15) is 6.54 Å². The largest absolute Gasteiger partial charge is 0.408 e. The number of hydrogen-bond acceptors (Lipinski definition) is 7. The highest BCUT2D eigenvalue weighted by atomic mass is 32.2. The predicted octanol–water partition coefficient (Wildman–Crippen LogP) is 2.93. The van der Waals surface area contributed by atoms with Gasteiger partial charge in [-0.25, -0.2) is 0 Å². The lowest BCUT2D eigenvalue weighted by molar-refractivity contribution is -0.142. The van der Waals surface area contributed by atoms with Crippen molar-refractivity contribution in [2.24, 2.45) is 0 Å². The number of nitrogens with one attached hydrogen (secondary N) is 2. The molecule has 0 aliphatic rings. The van der Waals surface area contributed by atoms with Crippen molar-refractivity contribution in [3.8, 4) is 0 Å². The second-order valence-electron chi connectivity index (χ2n) is 5.11. The highest BCUT2D eigenvalue weighted by molar-refractivity contribution is 8.01. The average molecular weight is 420 g/mol. The van der Waals surface area contributed by atoms with Gasteiger partial charge in [-0.15, -0.1) is 16.8 Å². The van der Waals surface area contributed by atoms with Crippen LogP contribution in [0, 0.1) is 0 Å². The van der Waals surface area contributed by atoms with Crippen LogP contribution in [0.3, 0.4) is 0 Å². The van der Waals surface area contributed by atoms with E-state index in [1.54, 1.807) is 6.08 Å². The van der Waals surface area contributed by atoms with E-state index in [9.17, 15) is 22.8 Å². The molecule has 2 heterocycles. The predicted molar refractivity (Wildman–Crippen MR) is 95.6 cm³/mol. The number of alkyl halides is 3. The minimum atomic E-state index is -4.40. The van der Waals surface area contributed by atoms with Crippen molar-refractivity contribution in [3.05, 3.63) is 25.0 Å². The number of amides is 2. The topological polar surface area (TPSA) is 102 Å². The highest BCUT2D eigenvalue weighted by Gasteiger charge is 2.28. The van der Waals surface area contributed by atoms with Crippen LogP contribution in [0.5, 0.6) is 0 Å². The quantitative estimate of drug-likeness (QED) is 0.367. The number of carbonyl (C=O) groups excluding carboxylic acids is 2. The van der Waals surface area contributed by atoms with Crippen molar-refractivity contribution in [1.82, 2.24) is 20.0 Å². The zero-order valence-electron chi connectivity index (χ0n) is 13.8. The van der Waals surface area contributed by atoms with E-state index in [0.29, 0.717) is 19.9 Å². The van der Waals surface area contributed by atoms with E-state index in [-0.39, 0.29) is 18.5 Å². The second kappa shape index (κ2) is 9.50. The van der Waals surface area contributed by atoms with E-state index < -0.39 is 24.5 Å². The maximum atomic E-state index is 12.3. The van der Waals surface area contributed by atoms with E-state index in [0.717, 1.165) is 12.4 Å². The van der Waals surface area contributed by atoms with Crippen molar-refractivity contribution in [1.29, 1.82) is 0 Å². The number of carbonyl (C=O) groups is 2. The lowest BCUT2D eigenvalue weighted by atomic mass is 10.3. The summed E-state index contributed by atoms with van der Waals surface area (Å²) in [5.74, 6) is -0.270. The van der Waals surface area contributed by atoms with Gasteiger partial charge in [-0.1, -0.05) is 29.2 Å². The molecule has 2 rings (SSSR count). The average Bonchev–Trinajstić information content (AvgIpc) is 3.19. The first-order valence-electron chi connectivity index (χ1n) is 7.51. The third-order valence-corrected chi connectivity index (χ3v) is 4.78. The summed E-state index contributed by atoms with van der Waals surface area (Å²) in [5, 5.41) is 16.4. The van der Waals surface area contributed by atoms with E-state index in [1.165, 1.54) is 23.1 Å². The lowest BCUT2D eigenvalue weighted by Gasteiger charge is -2.05. The minimum Gasteiger partial charge on any atom is -0.323 e. The number of hydrogen-bond donors (Lipinski definition) is 2. The molecule has 2 amide bonds. The molecule has 0 bridgehead atoms. The smallest absolute Gasteiger partial charge is 0.323 e. The van der Waals surface area contributed by atoms with Gasteiger partial charge in [0.05, 0.1) is 11.9 Å². The van der Waals surface area contributed by atoms with Gasteiger partial charge >= 0.3 is 6.18 Å². The Morgan fingerprint density at radius 2 is 1.96 bits per heavy atom. The third kappa shape index (κ3) is 7.78. The monoisotopic (exact) mass is 420 g/mol. The molecule has 0 atom stereocenters. The van der Waals surface area contributed by atoms with Crippen LogP contribution in [0.4, 0.5) is 24.0 Å². The summed E-state index contributed by atoms with van der Waals surface area (Å²) in [6, 6.07) is 0. The van der Waals surface area contributed by atoms with Gasteiger partial charge in [0, 0.05) is 24.8 Å². The molecular weight excluding hydrogens is 405 g/mol. The van der Waals surface area contributed by atoms with Crippen molar-refractivity contribution in [2.45, 2.75) is 29.9 Å². The van der Waals surface area contributed by atoms with Gasteiger partial charge in [-0.05, 0) is 0 Å². The van der Waals surface area contributed by atoms with Crippen LogP contribution in [-0.2, 0) is 16.1 Å². The fourth-order valence-electron chi connectivity index (χ4n) is 1.78. The molecule has 0 aliphatic heterocycles. The van der Waals surface area contributed by atoms with Crippen LogP contribution in [0.1, 0.15) is 12.8 Å². The number of aromatic nitrogens is 4. The van der Waals surface area contributed by atoms with Crippen molar-refractivity contribution in [2.75, 3.05) is 16.4 Å². The van der Waals surface area contributed by atoms with Gasteiger partial charge in [-0.3, -0.25) is 14.3 Å². The molecule has 2 aromatic heterocycles. The Hall–Kier alpha value is -2.41. The lowest BCUT2D eigenvalue weighted by Crippen LogP contribution is -2.18. The summed E-state index contributed by atoms with van der Waals surface area (Å²) >= 11 is 2.63. The summed E-state index contributed by atoms with van der Waals surface area (Å²) in [4.78, 5) is 23.6. The first kappa shape index (κ1) is 20.9. The summed E-state index contributed by atoms with van der Waals surface area (Å²) in [7, 11) is 0. The molecule has 13 heteroatoms. The first-order valence-corrected chi connectivity index (χ1v) is 9.31. The summed E-state index contributed by atoms with van der Waals surface area (Å²) in [5.41, 5.74) is 0.123. The fraction of sp³-hybridized carbons (Fsp3) is 0.357. The molecular formula is C14H15F3N6O2S2. The first-order chi connectivity index (χ1) is 12.7. The third-order valence-electron chi connectivity index (χ3n) is 2.81. The molecule has 27 heavy (non-hydrogen) atoms. The molecule has 2 N–H and O–H groups in total. The molecule has 0 spiro atoms. The minimum absolute atomic E-state index is 0.114.